The summed E-state index contributed by atoms with van der Waals surface area (Å²) in [4.78, 5) is 6.77. The van der Waals surface area contributed by atoms with Crippen LogP contribution in [0, 0.1) is 0 Å². The Morgan fingerprint density at radius 1 is 1.56 bits per heavy atom. The van der Waals surface area contributed by atoms with Gasteiger partial charge in [-0.2, -0.15) is 0 Å². The molecule has 1 rings (SSSR count). The minimum atomic E-state index is 0.743. The Balaban J connectivity index is 2.33. The zero-order chi connectivity index (χ0) is 11.8. The van der Waals surface area contributed by atoms with E-state index < -0.39 is 0 Å². The van der Waals surface area contributed by atoms with E-state index in [9.17, 15) is 0 Å². The minimum absolute atomic E-state index is 0.743. The topological polar surface area (TPSA) is 37.4 Å². The monoisotopic (exact) mass is 243 g/mol. The smallest absolute Gasteiger partial charge is 0.185 e. The summed E-state index contributed by atoms with van der Waals surface area (Å²) >= 11 is 1.70. The number of nitrogens with one attached hydrogen (secondary N) is 1. The third-order valence-electron chi connectivity index (χ3n) is 2.21. The number of nitrogens with zero attached hydrogens (tertiary/aromatic N) is 2. The molecule has 4 nitrogen and oxygen atoms in total. The molecule has 1 aromatic rings. The number of thiazole rings is 1. The van der Waals surface area contributed by atoms with Crippen molar-refractivity contribution in [3.63, 3.8) is 0 Å². The van der Waals surface area contributed by atoms with Crippen LogP contribution in [0.2, 0.25) is 0 Å². The normalized spacial score (nSPS) is 10.7. The van der Waals surface area contributed by atoms with Crippen molar-refractivity contribution in [3.05, 3.63) is 11.1 Å². The van der Waals surface area contributed by atoms with Crippen LogP contribution in [-0.2, 0) is 11.3 Å². The molecule has 0 spiro atoms. The van der Waals surface area contributed by atoms with Crippen molar-refractivity contribution in [2.24, 2.45) is 0 Å². The van der Waals surface area contributed by atoms with Gasteiger partial charge in [-0.1, -0.05) is 6.92 Å². The van der Waals surface area contributed by atoms with Crippen LogP contribution in [0.4, 0.5) is 5.13 Å². The van der Waals surface area contributed by atoms with Crippen molar-refractivity contribution in [1.82, 2.24) is 10.3 Å². The summed E-state index contributed by atoms with van der Waals surface area (Å²) in [6.07, 6.45) is 1.15. The molecule has 0 unspecified atom stereocenters. The number of hydrogen-bond donors (Lipinski definition) is 1. The molecule has 0 aliphatic rings. The third-order valence-corrected chi connectivity index (χ3v) is 3.22. The first-order valence-corrected chi connectivity index (χ1v) is 6.51. The van der Waals surface area contributed by atoms with Gasteiger partial charge in [0.05, 0.1) is 12.3 Å². The van der Waals surface area contributed by atoms with Gasteiger partial charge in [-0.15, -0.1) is 11.3 Å². The molecule has 1 aromatic heterocycles. The minimum Gasteiger partial charge on any atom is -0.383 e. The van der Waals surface area contributed by atoms with Gasteiger partial charge >= 0.3 is 0 Å². The molecule has 0 amide bonds. The molecule has 0 aliphatic carbocycles. The predicted molar refractivity (Wildman–Crippen MR) is 69.3 cm³/mol. The van der Waals surface area contributed by atoms with Gasteiger partial charge in [0, 0.05) is 39.2 Å². The van der Waals surface area contributed by atoms with Crippen LogP contribution in [-0.4, -0.2) is 38.8 Å². The Bertz CT molecular complexity index is 291. The second kappa shape index (κ2) is 7.60. The molecule has 0 radical (unpaired) electrons. The lowest BCUT2D eigenvalue weighted by atomic mass is 10.4. The van der Waals surface area contributed by atoms with E-state index in [4.69, 9.17) is 4.74 Å². The van der Waals surface area contributed by atoms with E-state index in [2.05, 4.69) is 34.6 Å². The van der Waals surface area contributed by atoms with E-state index in [0.717, 1.165) is 43.5 Å². The molecule has 92 valence electrons. The van der Waals surface area contributed by atoms with E-state index in [0.29, 0.717) is 0 Å². The van der Waals surface area contributed by atoms with Gasteiger partial charge in [0.2, 0.25) is 0 Å². The van der Waals surface area contributed by atoms with E-state index in [-0.39, 0.29) is 0 Å². The zero-order valence-corrected chi connectivity index (χ0v) is 11.1. The Labute approximate surface area is 102 Å². The Morgan fingerprint density at radius 2 is 2.38 bits per heavy atom. The first-order valence-electron chi connectivity index (χ1n) is 5.63. The summed E-state index contributed by atoms with van der Waals surface area (Å²) in [7, 11) is 3.80. The Kier molecular flexibility index (Phi) is 6.37. The lowest BCUT2D eigenvalue weighted by molar-refractivity contribution is 0.199. The van der Waals surface area contributed by atoms with Crippen LogP contribution in [0.1, 0.15) is 19.0 Å². The van der Waals surface area contributed by atoms with Crippen molar-refractivity contribution < 1.29 is 4.74 Å². The molecule has 16 heavy (non-hydrogen) atoms. The maximum Gasteiger partial charge on any atom is 0.185 e. The molecule has 1 heterocycles. The highest BCUT2D eigenvalue weighted by atomic mass is 32.1. The first kappa shape index (κ1) is 13.4. The molecular weight excluding hydrogens is 222 g/mol. The zero-order valence-electron chi connectivity index (χ0n) is 10.3. The lowest BCUT2D eigenvalue weighted by Crippen LogP contribution is -2.20. The standard InChI is InChI=1S/C11H21N3OS/c1-4-6-14(2)11-13-10(9-16-11)8-12-5-7-15-3/h9,12H,4-8H2,1-3H3. The number of rotatable bonds is 8. The van der Waals surface area contributed by atoms with Crippen LogP contribution in [0.15, 0.2) is 5.38 Å². The van der Waals surface area contributed by atoms with Crippen molar-refractivity contribution in [1.29, 1.82) is 0 Å². The second-order valence-corrected chi connectivity index (χ2v) is 4.55. The lowest BCUT2D eigenvalue weighted by Gasteiger charge is -2.13. The fraction of sp³-hybridized carbons (Fsp3) is 0.727. The van der Waals surface area contributed by atoms with Gasteiger partial charge in [0.15, 0.2) is 5.13 Å². The summed E-state index contributed by atoms with van der Waals surface area (Å²) in [5, 5.41) is 6.50. The van der Waals surface area contributed by atoms with Crippen molar-refractivity contribution in [2.75, 3.05) is 38.8 Å². The molecule has 0 fully saturated rings. The molecule has 0 saturated heterocycles. The number of ether oxygens (including phenoxy) is 1. The van der Waals surface area contributed by atoms with E-state index >= 15 is 0 Å². The second-order valence-electron chi connectivity index (χ2n) is 3.71. The van der Waals surface area contributed by atoms with Crippen molar-refractivity contribution in [2.45, 2.75) is 19.9 Å². The molecule has 5 heteroatoms. The fourth-order valence-corrected chi connectivity index (χ4v) is 2.19. The number of anilines is 1. The van der Waals surface area contributed by atoms with Crippen LogP contribution in [0.5, 0.6) is 0 Å². The van der Waals surface area contributed by atoms with Crippen molar-refractivity contribution in [3.8, 4) is 0 Å². The third kappa shape index (κ3) is 4.47. The van der Waals surface area contributed by atoms with Crippen LogP contribution < -0.4 is 10.2 Å². The number of aromatic nitrogens is 1. The first-order chi connectivity index (χ1) is 7.77. The largest absolute Gasteiger partial charge is 0.383 e. The molecule has 1 N–H and O–H groups in total. The van der Waals surface area contributed by atoms with Gasteiger partial charge in [-0.05, 0) is 6.42 Å². The summed E-state index contributed by atoms with van der Waals surface area (Å²) in [5.74, 6) is 0. The maximum absolute atomic E-state index is 4.97. The molecule has 0 aromatic carbocycles. The number of methoxy groups -OCH3 is 1. The van der Waals surface area contributed by atoms with Gasteiger partial charge in [-0.3, -0.25) is 0 Å². The summed E-state index contributed by atoms with van der Waals surface area (Å²) in [6.45, 7) is 5.67. The van der Waals surface area contributed by atoms with Crippen LogP contribution in [0.3, 0.4) is 0 Å². The van der Waals surface area contributed by atoms with Gasteiger partial charge in [0.25, 0.3) is 0 Å². The highest BCUT2D eigenvalue weighted by Gasteiger charge is 2.05. The van der Waals surface area contributed by atoms with Crippen LogP contribution in [0.25, 0.3) is 0 Å². The van der Waals surface area contributed by atoms with E-state index in [1.165, 1.54) is 0 Å². The molecule has 0 bridgehead atoms. The molecule has 0 atom stereocenters. The van der Waals surface area contributed by atoms with Crippen molar-refractivity contribution >= 4 is 16.5 Å². The van der Waals surface area contributed by atoms with Gasteiger partial charge < -0.3 is 15.0 Å². The Hall–Kier alpha value is -0.650. The average Bonchev–Trinajstić information content (AvgIpc) is 2.73. The summed E-state index contributed by atoms with van der Waals surface area (Å²) in [5.41, 5.74) is 1.11. The SMILES string of the molecule is CCCN(C)c1nc(CNCCOC)cs1. The summed E-state index contributed by atoms with van der Waals surface area (Å²) < 4.78 is 4.97. The fourth-order valence-electron chi connectivity index (χ4n) is 1.37. The molecular formula is C11H21N3OS. The quantitative estimate of drug-likeness (QED) is 0.706. The van der Waals surface area contributed by atoms with E-state index in [1.807, 2.05) is 0 Å². The van der Waals surface area contributed by atoms with Crippen LogP contribution >= 0.6 is 11.3 Å². The highest BCUT2D eigenvalue weighted by molar-refractivity contribution is 7.13. The summed E-state index contributed by atoms with van der Waals surface area (Å²) in [6, 6.07) is 0. The average molecular weight is 243 g/mol. The van der Waals surface area contributed by atoms with E-state index in [1.54, 1.807) is 18.4 Å². The molecule has 0 saturated carbocycles. The van der Waals surface area contributed by atoms with Gasteiger partial charge in [0.1, 0.15) is 0 Å². The maximum atomic E-state index is 4.97. The number of hydrogen-bond acceptors (Lipinski definition) is 5. The molecule has 0 aliphatic heterocycles. The van der Waals surface area contributed by atoms with Gasteiger partial charge in [-0.25, -0.2) is 4.98 Å². The predicted octanol–water partition coefficient (Wildman–Crippen LogP) is 1.73. The Morgan fingerprint density at radius 3 is 3.06 bits per heavy atom. The highest BCUT2D eigenvalue weighted by Crippen LogP contribution is 2.19.